The Balaban J connectivity index is 1.75. The SMILES string of the molecule is C[C@H]1C[C@@H]2[C@H](CC[C@@]3(C)[C@H]2CC[C@]3(C)O)[C@@]2(CO)CC[C@H](O)C=C12. The monoisotopic (exact) mass is 334 g/mol. The summed E-state index contributed by atoms with van der Waals surface area (Å²) in [5.74, 6) is 2.13. The summed E-state index contributed by atoms with van der Waals surface area (Å²) in [6.45, 7) is 6.86. The lowest BCUT2D eigenvalue weighted by Gasteiger charge is -2.61. The van der Waals surface area contributed by atoms with Crippen LogP contribution in [0.2, 0.25) is 0 Å². The summed E-state index contributed by atoms with van der Waals surface area (Å²) >= 11 is 0. The second-order valence-electron chi connectivity index (χ2n) is 9.82. The molecule has 0 spiro atoms. The average Bonchev–Trinajstić information content (AvgIpc) is 2.78. The minimum Gasteiger partial charge on any atom is -0.395 e. The van der Waals surface area contributed by atoms with Crippen LogP contribution in [0, 0.1) is 34.5 Å². The van der Waals surface area contributed by atoms with Crippen LogP contribution >= 0.6 is 0 Å². The van der Waals surface area contributed by atoms with Crippen LogP contribution in [0.15, 0.2) is 11.6 Å². The van der Waals surface area contributed by atoms with Gasteiger partial charge in [0.15, 0.2) is 0 Å². The fourth-order valence-corrected chi connectivity index (χ4v) is 7.43. The Hall–Kier alpha value is -0.380. The minimum atomic E-state index is -0.545. The van der Waals surface area contributed by atoms with Crippen molar-refractivity contribution in [3.05, 3.63) is 11.6 Å². The van der Waals surface area contributed by atoms with Gasteiger partial charge in [-0.3, -0.25) is 0 Å². The Morgan fingerprint density at radius 1 is 1.08 bits per heavy atom. The van der Waals surface area contributed by atoms with Gasteiger partial charge in [-0.25, -0.2) is 0 Å². The number of fused-ring (bicyclic) bond motifs is 5. The smallest absolute Gasteiger partial charge is 0.0724 e. The van der Waals surface area contributed by atoms with Gasteiger partial charge in [0.2, 0.25) is 0 Å². The lowest BCUT2D eigenvalue weighted by molar-refractivity contribution is -0.132. The maximum atomic E-state index is 11.0. The van der Waals surface area contributed by atoms with E-state index in [9.17, 15) is 15.3 Å². The first-order valence-electron chi connectivity index (χ1n) is 9.99. The fraction of sp³-hybridized carbons (Fsp3) is 0.905. The lowest BCUT2D eigenvalue weighted by Crippen LogP contribution is -2.57. The quantitative estimate of drug-likeness (QED) is 0.645. The molecule has 0 bridgehead atoms. The predicted molar refractivity (Wildman–Crippen MR) is 94.3 cm³/mol. The van der Waals surface area contributed by atoms with E-state index in [2.05, 4.69) is 19.9 Å². The molecular weight excluding hydrogens is 300 g/mol. The first-order valence-corrected chi connectivity index (χ1v) is 9.99. The molecule has 8 atom stereocenters. The summed E-state index contributed by atoms with van der Waals surface area (Å²) in [7, 11) is 0. The summed E-state index contributed by atoms with van der Waals surface area (Å²) in [6, 6.07) is 0. The molecule has 0 aromatic heterocycles. The van der Waals surface area contributed by atoms with Crippen LogP contribution in [-0.2, 0) is 0 Å². The third kappa shape index (κ3) is 2.01. The van der Waals surface area contributed by atoms with Crippen molar-refractivity contribution < 1.29 is 15.3 Å². The van der Waals surface area contributed by atoms with Crippen LogP contribution in [0.25, 0.3) is 0 Å². The number of aliphatic hydroxyl groups excluding tert-OH is 2. The van der Waals surface area contributed by atoms with Gasteiger partial charge in [-0.05, 0) is 81.0 Å². The van der Waals surface area contributed by atoms with Crippen LogP contribution < -0.4 is 0 Å². The summed E-state index contributed by atoms with van der Waals surface area (Å²) in [4.78, 5) is 0. The molecule has 4 aliphatic carbocycles. The highest BCUT2D eigenvalue weighted by molar-refractivity contribution is 5.29. The van der Waals surface area contributed by atoms with Crippen LogP contribution in [0.1, 0.15) is 65.7 Å². The van der Waals surface area contributed by atoms with Gasteiger partial charge in [-0.15, -0.1) is 0 Å². The molecule has 3 nitrogen and oxygen atoms in total. The van der Waals surface area contributed by atoms with Crippen molar-refractivity contribution in [1.29, 1.82) is 0 Å². The van der Waals surface area contributed by atoms with Crippen LogP contribution in [0.3, 0.4) is 0 Å². The molecule has 0 amide bonds. The Morgan fingerprint density at radius 3 is 2.50 bits per heavy atom. The highest BCUT2D eigenvalue weighted by atomic mass is 16.3. The van der Waals surface area contributed by atoms with Gasteiger partial charge in [-0.2, -0.15) is 0 Å². The molecule has 24 heavy (non-hydrogen) atoms. The van der Waals surface area contributed by atoms with E-state index in [0.717, 1.165) is 44.9 Å². The molecule has 0 saturated heterocycles. The first-order chi connectivity index (χ1) is 11.2. The van der Waals surface area contributed by atoms with Gasteiger partial charge in [0.1, 0.15) is 0 Å². The van der Waals surface area contributed by atoms with Crippen molar-refractivity contribution in [1.82, 2.24) is 0 Å². The highest BCUT2D eigenvalue weighted by Crippen LogP contribution is 2.68. The van der Waals surface area contributed by atoms with Crippen molar-refractivity contribution in [2.75, 3.05) is 6.61 Å². The van der Waals surface area contributed by atoms with Gasteiger partial charge in [0.25, 0.3) is 0 Å². The molecule has 3 N–H and O–H groups in total. The van der Waals surface area contributed by atoms with Gasteiger partial charge >= 0.3 is 0 Å². The number of hydrogen-bond acceptors (Lipinski definition) is 3. The Bertz CT molecular complexity index is 553. The third-order valence-electron chi connectivity index (χ3n) is 8.98. The highest BCUT2D eigenvalue weighted by Gasteiger charge is 2.63. The Labute approximate surface area is 146 Å². The van der Waals surface area contributed by atoms with E-state index in [1.165, 1.54) is 5.57 Å². The van der Waals surface area contributed by atoms with Crippen LogP contribution in [-0.4, -0.2) is 33.6 Å². The molecule has 0 aromatic rings. The molecule has 3 saturated carbocycles. The van der Waals surface area contributed by atoms with E-state index in [0.29, 0.717) is 23.7 Å². The maximum Gasteiger partial charge on any atom is 0.0724 e. The largest absolute Gasteiger partial charge is 0.395 e. The second-order valence-corrected chi connectivity index (χ2v) is 9.82. The van der Waals surface area contributed by atoms with Crippen molar-refractivity contribution in [2.24, 2.45) is 34.5 Å². The molecule has 136 valence electrons. The molecule has 0 radical (unpaired) electrons. The topological polar surface area (TPSA) is 60.7 Å². The Morgan fingerprint density at radius 2 is 1.79 bits per heavy atom. The predicted octanol–water partition coefficient (Wildman–Crippen LogP) is 3.28. The average molecular weight is 335 g/mol. The van der Waals surface area contributed by atoms with Gasteiger partial charge in [0, 0.05) is 5.41 Å². The first kappa shape index (κ1) is 17.1. The standard InChI is InChI=1S/C21H34O3/c1-13-10-15-16-6-8-20(3,24)19(16,2)7-5-17(15)21(12-22)9-4-14(23)11-18(13)21/h11,13-17,22-24H,4-10,12H2,1-3H3/t13-,14-,15-,16-,17-,19-,20-,21-/m0/s1. The van der Waals surface area contributed by atoms with Crippen molar-refractivity contribution in [3.63, 3.8) is 0 Å². The summed E-state index contributed by atoms with van der Waals surface area (Å²) in [6.07, 6.45) is 8.80. The molecule has 0 unspecified atom stereocenters. The minimum absolute atomic E-state index is 0.0277. The van der Waals surface area contributed by atoms with Crippen molar-refractivity contribution in [3.8, 4) is 0 Å². The number of aliphatic hydroxyl groups is 3. The molecule has 4 rings (SSSR count). The summed E-state index contributed by atoms with van der Waals surface area (Å²) in [5.41, 5.74) is 0.701. The molecule has 0 aromatic carbocycles. The van der Waals surface area contributed by atoms with E-state index in [-0.39, 0.29) is 23.5 Å². The molecule has 0 heterocycles. The van der Waals surface area contributed by atoms with Crippen LogP contribution in [0.4, 0.5) is 0 Å². The summed E-state index contributed by atoms with van der Waals surface area (Å²) in [5, 5.41) is 31.6. The van der Waals surface area contributed by atoms with Gasteiger partial charge in [0.05, 0.1) is 18.3 Å². The van der Waals surface area contributed by atoms with E-state index in [4.69, 9.17) is 0 Å². The van der Waals surface area contributed by atoms with E-state index < -0.39 is 5.60 Å². The number of rotatable bonds is 1. The van der Waals surface area contributed by atoms with Crippen LogP contribution in [0.5, 0.6) is 0 Å². The molecule has 3 fully saturated rings. The zero-order valence-electron chi connectivity index (χ0n) is 15.5. The zero-order valence-corrected chi connectivity index (χ0v) is 15.5. The van der Waals surface area contributed by atoms with Gasteiger partial charge < -0.3 is 15.3 Å². The normalized spacial score (nSPS) is 56.9. The molecule has 0 aliphatic heterocycles. The lowest BCUT2D eigenvalue weighted by atomic mass is 9.44. The zero-order chi connectivity index (χ0) is 17.3. The van der Waals surface area contributed by atoms with Crippen molar-refractivity contribution >= 4 is 0 Å². The molecule has 4 aliphatic rings. The maximum absolute atomic E-state index is 11.0. The molecule has 3 heteroatoms. The Kier molecular flexibility index (Phi) is 3.77. The van der Waals surface area contributed by atoms with E-state index in [1.807, 2.05) is 6.92 Å². The molecular formula is C21H34O3. The van der Waals surface area contributed by atoms with Gasteiger partial charge in [-0.1, -0.05) is 25.5 Å². The second kappa shape index (κ2) is 5.31. The van der Waals surface area contributed by atoms with E-state index >= 15 is 0 Å². The third-order valence-corrected chi connectivity index (χ3v) is 8.98. The fourth-order valence-electron chi connectivity index (χ4n) is 7.43. The summed E-state index contributed by atoms with van der Waals surface area (Å²) < 4.78 is 0. The number of hydrogen-bond donors (Lipinski definition) is 3. The van der Waals surface area contributed by atoms with E-state index in [1.54, 1.807) is 0 Å². The van der Waals surface area contributed by atoms with Crippen molar-refractivity contribution in [2.45, 2.75) is 77.4 Å².